The standard InChI is InChI=1S/C42H52N12O4S/c1-49-28-33(26-45-49)32-24-43-41(44-25-32)46-34-12-19-53(20-13-34)59(57,58)36-5-3-4-35(23-36)52-17-8-29(9-18-52)27-51-15-10-30(11-16-51)31-6-7-37-38(22-31)50(2)48-40(37)54-21-14-39(55)47-42(54)56/h3-7,22-26,28-30,34H,8-21,27H2,1-2H3,(H,43,44,46)(H,47,55,56). The molecule has 17 heteroatoms. The molecule has 4 aliphatic rings. The molecule has 4 fully saturated rings. The number of aryl methyl sites for hydroxylation is 2. The average molecular weight is 821 g/mol. The Morgan fingerprint density at radius 2 is 1.59 bits per heavy atom. The van der Waals surface area contributed by atoms with E-state index < -0.39 is 16.1 Å². The Balaban J connectivity index is 0.735. The summed E-state index contributed by atoms with van der Waals surface area (Å²) in [5, 5.41) is 15.6. The number of nitrogens with one attached hydrogen (secondary N) is 2. The van der Waals surface area contributed by atoms with Gasteiger partial charge < -0.3 is 15.1 Å². The molecule has 2 aromatic carbocycles. The number of piperidine rings is 3. The van der Waals surface area contributed by atoms with Crippen LogP contribution in [-0.4, -0.2) is 117 Å². The minimum atomic E-state index is -3.63. The van der Waals surface area contributed by atoms with E-state index in [9.17, 15) is 18.0 Å². The SMILES string of the molecule is Cn1cc(-c2cnc(NC3CCN(S(=O)(=O)c4cccc(N5CCC(CN6CCC(c7ccc8c(N9CCC(=O)NC9=O)nn(C)c8c7)CC6)CC5)c4)CC3)nc2)cn1. The van der Waals surface area contributed by atoms with Crippen LogP contribution in [0.2, 0.25) is 0 Å². The van der Waals surface area contributed by atoms with E-state index in [0.717, 1.165) is 86.1 Å². The van der Waals surface area contributed by atoms with Gasteiger partial charge in [-0.25, -0.2) is 23.2 Å². The number of likely N-dealkylation sites (tertiary alicyclic amines) is 1. The van der Waals surface area contributed by atoms with Crippen molar-refractivity contribution < 1.29 is 18.0 Å². The van der Waals surface area contributed by atoms with Crippen molar-refractivity contribution in [3.63, 3.8) is 0 Å². The topological polar surface area (TPSA) is 167 Å². The summed E-state index contributed by atoms with van der Waals surface area (Å²) in [7, 11) is 0.150. The van der Waals surface area contributed by atoms with E-state index >= 15 is 0 Å². The molecule has 0 radical (unpaired) electrons. The minimum Gasteiger partial charge on any atom is -0.371 e. The van der Waals surface area contributed by atoms with Crippen LogP contribution in [0.1, 0.15) is 56.4 Å². The lowest BCUT2D eigenvalue weighted by Gasteiger charge is -2.38. The summed E-state index contributed by atoms with van der Waals surface area (Å²) < 4.78 is 32.8. The van der Waals surface area contributed by atoms with E-state index in [1.54, 1.807) is 38.5 Å². The first-order valence-corrected chi connectivity index (χ1v) is 22.2. The summed E-state index contributed by atoms with van der Waals surface area (Å²) in [6, 6.07) is 13.6. The molecular formula is C42H52N12O4S. The molecule has 9 rings (SSSR count). The largest absolute Gasteiger partial charge is 0.371 e. The predicted octanol–water partition coefficient (Wildman–Crippen LogP) is 4.57. The first-order chi connectivity index (χ1) is 28.6. The van der Waals surface area contributed by atoms with Crippen LogP contribution < -0.4 is 20.4 Å². The number of nitrogens with zero attached hydrogens (tertiary/aromatic N) is 10. The monoisotopic (exact) mass is 820 g/mol. The van der Waals surface area contributed by atoms with E-state index in [1.165, 1.54) is 5.56 Å². The lowest BCUT2D eigenvalue weighted by Crippen LogP contribution is -2.49. The van der Waals surface area contributed by atoms with Crippen molar-refractivity contribution in [2.45, 2.75) is 61.8 Å². The number of carbonyl (C=O) groups excluding carboxylic acids is 2. The molecule has 4 aliphatic heterocycles. The molecule has 0 bridgehead atoms. The van der Waals surface area contributed by atoms with Crippen molar-refractivity contribution in [2.75, 3.05) is 67.5 Å². The van der Waals surface area contributed by atoms with Gasteiger partial charge in [-0.3, -0.25) is 24.4 Å². The van der Waals surface area contributed by atoms with E-state index in [-0.39, 0.29) is 18.4 Å². The van der Waals surface area contributed by atoms with Gasteiger partial charge >= 0.3 is 6.03 Å². The second kappa shape index (κ2) is 16.3. The van der Waals surface area contributed by atoms with Crippen molar-refractivity contribution in [3.8, 4) is 11.1 Å². The van der Waals surface area contributed by atoms with Crippen LogP contribution in [0, 0.1) is 5.92 Å². The molecule has 3 amide bonds. The minimum absolute atomic E-state index is 0.0920. The van der Waals surface area contributed by atoms with Crippen LogP contribution >= 0.6 is 0 Å². The highest BCUT2D eigenvalue weighted by molar-refractivity contribution is 7.89. The Labute approximate surface area is 344 Å². The van der Waals surface area contributed by atoms with E-state index in [2.05, 4.69) is 58.8 Å². The summed E-state index contributed by atoms with van der Waals surface area (Å²) in [6.45, 7) is 6.23. The van der Waals surface area contributed by atoms with E-state index in [0.29, 0.717) is 61.0 Å². The molecule has 16 nitrogen and oxygen atoms in total. The van der Waals surface area contributed by atoms with Crippen LogP contribution in [0.15, 0.2) is 72.1 Å². The number of hydrogen-bond donors (Lipinski definition) is 2. The van der Waals surface area contributed by atoms with Gasteiger partial charge in [0, 0.05) is 107 Å². The number of imide groups is 1. The highest BCUT2D eigenvalue weighted by atomic mass is 32.2. The fourth-order valence-electron chi connectivity index (χ4n) is 9.20. The van der Waals surface area contributed by atoms with Gasteiger partial charge in [0.2, 0.25) is 21.9 Å². The normalized spacial score (nSPS) is 19.8. The molecular weight excluding hydrogens is 769 g/mol. The number of rotatable bonds is 10. The van der Waals surface area contributed by atoms with Crippen LogP contribution in [0.4, 0.5) is 22.2 Å². The number of anilines is 3. The molecule has 3 aromatic heterocycles. The maximum atomic E-state index is 13.8. The first-order valence-electron chi connectivity index (χ1n) is 20.8. The molecule has 4 saturated heterocycles. The van der Waals surface area contributed by atoms with E-state index in [1.807, 2.05) is 43.2 Å². The fourth-order valence-corrected chi connectivity index (χ4v) is 10.7. The molecule has 7 heterocycles. The summed E-state index contributed by atoms with van der Waals surface area (Å²) in [6.07, 6.45) is 13.2. The van der Waals surface area contributed by atoms with Crippen LogP contribution in [0.25, 0.3) is 22.0 Å². The summed E-state index contributed by atoms with van der Waals surface area (Å²) >= 11 is 0. The van der Waals surface area contributed by atoms with Crippen LogP contribution in [0.3, 0.4) is 0 Å². The van der Waals surface area contributed by atoms with Gasteiger partial charge in [0.15, 0.2) is 5.82 Å². The zero-order chi connectivity index (χ0) is 40.7. The second-order valence-electron chi connectivity index (χ2n) is 16.5. The van der Waals surface area contributed by atoms with Gasteiger partial charge in [0.25, 0.3) is 0 Å². The Kier molecular flexibility index (Phi) is 10.8. The molecule has 59 heavy (non-hydrogen) atoms. The zero-order valence-corrected chi connectivity index (χ0v) is 34.5. The number of urea groups is 1. The van der Waals surface area contributed by atoms with Crippen molar-refractivity contribution in [2.24, 2.45) is 20.0 Å². The average Bonchev–Trinajstić information content (AvgIpc) is 3.84. The molecule has 5 aromatic rings. The Morgan fingerprint density at radius 3 is 2.31 bits per heavy atom. The van der Waals surface area contributed by atoms with Crippen molar-refractivity contribution in [1.29, 1.82) is 0 Å². The number of hydrogen-bond acceptors (Lipinski definition) is 11. The smallest absolute Gasteiger partial charge is 0.329 e. The highest BCUT2D eigenvalue weighted by Crippen LogP contribution is 2.35. The van der Waals surface area contributed by atoms with Gasteiger partial charge in [-0.2, -0.15) is 14.5 Å². The summed E-state index contributed by atoms with van der Waals surface area (Å²) in [5.41, 5.74) is 5.12. The highest BCUT2D eigenvalue weighted by Gasteiger charge is 2.32. The second-order valence-corrected chi connectivity index (χ2v) is 18.4. The molecule has 0 unspecified atom stereocenters. The van der Waals surface area contributed by atoms with Crippen LogP contribution in [-0.2, 0) is 28.9 Å². The van der Waals surface area contributed by atoms with E-state index in [4.69, 9.17) is 0 Å². The van der Waals surface area contributed by atoms with Gasteiger partial charge in [0.1, 0.15) is 0 Å². The number of aromatic nitrogens is 6. The third-order valence-corrected chi connectivity index (χ3v) is 14.5. The molecule has 2 N–H and O–H groups in total. The van der Waals surface area contributed by atoms with Crippen molar-refractivity contribution in [1.82, 2.24) is 44.1 Å². The molecule has 310 valence electrons. The number of amides is 3. The molecule has 0 atom stereocenters. The van der Waals surface area contributed by atoms with Gasteiger partial charge in [-0.05, 0) is 99.3 Å². The fraction of sp³-hybridized carbons (Fsp3) is 0.476. The molecule has 0 saturated carbocycles. The van der Waals surface area contributed by atoms with Gasteiger partial charge in [-0.1, -0.05) is 12.1 Å². The summed E-state index contributed by atoms with van der Waals surface area (Å²) in [4.78, 5) is 40.0. The molecule has 0 aliphatic carbocycles. The summed E-state index contributed by atoms with van der Waals surface area (Å²) in [5.74, 6) is 1.96. The van der Waals surface area contributed by atoms with Gasteiger partial charge in [-0.15, -0.1) is 0 Å². The number of benzene rings is 2. The first kappa shape index (κ1) is 39.1. The Bertz CT molecular complexity index is 2430. The lowest BCUT2D eigenvalue weighted by atomic mass is 9.88. The lowest BCUT2D eigenvalue weighted by molar-refractivity contribution is -0.120. The van der Waals surface area contributed by atoms with Crippen LogP contribution in [0.5, 0.6) is 0 Å². The third-order valence-electron chi connectivity index (χ3n) is 12.7. The maximum absolute atomic E-state index is 13.8. The quantitative estimate of drug-likeness (QED) is 0.203. The zero-order valence-electron chi connectivity index (χ0n) is 33.7. The number of fused-ring (bicyclic) bond motifs is 1. The van der Waals surface area contributed by atoms with Crippen molar-refractivity contribution >= 4 is 50.3 Å². The maximum Gasteiger partial charge on any atom is 0.329 e. The Hall–Kier alpha value is -5.39. The predicted molar refractivity (Wildman–Crippen MR) is 226 cm³/mol. The molecule has 0 spiro atoms. The van der Waals surface area contributed by atoms with Gasteiger partial charge in [0.05, 0.1) is 16.6 Å². The van der Waals surface area contributed by atoms with Crippen molar-refractivity contribution in [3.05, 3.63) is 72.8 Å². The number of carbonyl (C=O) groups is 2. The third kappa shape index (κ3) is 8.28. The Morgan fingerprint density at radius 1 is 0.831 bits per heavy atom. The number of sulfonamides is 1.